The lowest BCUT2D eigenvalue weighted by molar-refractivity contribution is -0.135. The standard InChI is InChI=1S/C33H45NO4/c1-4-21(9-8-20(2)3)18-28-33-15-12-23(19-26(33)31(35)38-28)24-10-11-25-27(37-32(36)29(25)30(24)33)7-5-6-22-13-16-34-17-14-22/h7,18-24,30,34H,4-6,8-17H2,1-3H3. The third-order valence-corrected chi connectivity index (χ3v) is 10.6. The summed E-state index contributed by atoms with van der Waals surface area (Å²) in [5.41, 5.74) is 2.31. The van der Waals surface area contributed by atoms with E-state index in [0.717, 1.165) is 105 Å². The molecule has 38 heavy (non-hydrogen) atoms. The van der Waals surface area contributed by atoms with Crippen molar-refractivity contribution in [3.63, 3.8) is 0 Å². The molecule has 206 valence electrons. The van der Waals surface area contributed by atoms with Crippen LogP contribution >= 0.6 is 0 Å². The Hall–Kier alpha value is -2.14. The van der Waals surface area contributed by atoms with Crippen LogP contribution in [0.4, 0.5) is 0 Å². The Morgan fingerprint density at radius 3 is 2.66 bits per heavy atom. The number of hydrogen-bond acceptors (Lipinski definition) is 5. The Morgan fingerprint density at radius 1 is 1.08 bits per heavy atom. The molecule has 2 saturated heterocycles. The molecule has 5 atom stereocenters. The maximum atomic E-state index is 13.6. The quantitative estimate of drug-likeness (QED) is 0.359. The third-order valence-electron chi connectivity index (χ3n) is 10.6. The van der Waals surface area contributed by atoms with E-state index in [9.17, 15) is 9.59 Å². The Bertz CT molecular complexity index is 1100. The molecule has 1 saturated carbocycles. The monoisotopic (exact) mass is 519 g/mol. The van der Waals surface area contributed by atoms with E-state index in [1.165, 1.54) is 12.8 Å². The molecule has 5 unspecified atom stereocenters. The molecule has 7 rings (SSSR count). The van der Waals surface area contributed by atoms with Gasteiger partial charge in [-0.05, 0) is 119 Å². The van der Waals surface area contributed by atoms with E-state index < -0.39 is 5.41 Å². The van der Waals surface area contributed by atoms with Crippen molar-refractivity contribution in [3.8, 4) is 0 Å². The van der Waals surface area contributed by atoms with Crippen molar-refractivity contribution in [1.29, 1.82) is 0 Å². The number of carbonyl (C=O) groups excluding carboxylic acids is 2. The van der Waals surface area contributed by atoms with Crippen LogP contribution in [0, 0.1) is 40.9 Å². The highest BCUT2D eigenvalue weighted by molar-refractivity contribution is 5.99. The number of cyclic esters (lactones) is 2. The zero-order valence-electron chi connectivity index (χ0n) is 23.5. The van der Waals surface area contributed by atoms with Gasteiger partial charge in [-0.15, -0.1) is 0 Å². The molecule has 5 heteroatoms. The summed E-state index contributed by atoms with van der Waals surface area (Å²) in [6.45, 7) is 8.98. The van der Waals surface area contributed by atoms with Crippen molar-refractivity contribution in [2.24, 2.45) is 40.9 Å². The predicted molar refractivity (Wildman–Crippen MR) is 148 cm³/mol. The van der Waals surface area contributed by atoms with Crippen molar-refractivity contribution < 1.29 is 19.1 Å². The van der Waals surface area contributed by atoms with E-state index in [1.807, 2.05) is 0 Å². The molecule has 1 N–H and O–H groups in total. The van der Waals surface area contributed by atoms with Gasteiger partial charge in [-0.1, -0.05) is 33.3 Å². The predicted octanol–water partition coefficient (Wildman–Crippen LogP) is 6.77. The number of allylic oxidation sites excluding steroid dienone is 5. The van der Waals surface area contributed by atoms with Gasteiger partial charge in [0, 0.05) is 22.6 Å². The summed E-state index contributed by atoms with van der Waals surface area (Å²) in [6.07, 6.45) is 18.5. The Kier molecular flexibility index (Phi) is 7.17. The summed E-state index contributed by atoms with van der Waals surface area (Å²) in [6, 6.07) is 0. The smallest absolute Gasteiger partial charge is 0.340 e. The van der Waals surface area contributed by atoms with Crippen LogP contribution in [0.1, 0.15) is 91.4 Å². The normalized spacial score (nSPS) is 35.4. The van der Waals surface area contributed by atoms with Crippen LogP contribution in [0.2, 0.25) is 0 Å². The van der Waals surface area contributed by atoms with Crippen molar-refractivity contribution in [2.45, 2.75) is 91.4 Å². The van der Waals surface area contributed by atoms with E-state index in [-0.39, 0.29) is 17.9 Å². The second-order valence-electron chi connectivity index (χ2n) is 13.1. The Labute approximate surface area is 228 Å². The maximum Gasteiger partial charge on any atom is 0.340 e. The largest absolute Gasteiger partial charge is 0.427 e. The van der Waals surface area contributed by atoms with Gasteiger partial charge in [-0.3, -0.25) is 0 Å². The van der Waals surface area contributed by atoms with Crippen LogP contribution in [0.25, 0.3) is 0 Å². The van der Waals surface area contributed by atoms with Crippen LogP contribution in [-0.4, -0.2) is 25.0 Å². The van der Waals surface area contributed by atoms with Gasteiger partial charge in [0.05, 0.1) is 5.41 Å². The fourth-order valence-corrected chi connectivity index (χ4v) is 8.49. The average Bonchev–Trinajstić information content (AvgIpc) is 3.40. The van der Waals surface area contributed by atoms with Gasteiger partial charge in [-0.25, -0.2) is 9.59 Å². The minimum Gasteiger partial charge on any atom is -0.427 e. The fourth-order valence-electron chi connectivity index (χ4n) is 8.49. The molecule has 1 spiro atoms. The van der Waals surface area contributed by atoms with E-state index in [1.54, 1.807) is 0 Å². The number of esters is 2. The SMILES string of the molecule is CCC(C=C1OC(=O)C2=CC3CCC12C1C2=C(CCC31)C(=CCCC1CCNCC1)OC2=O)CCC(C)C. The molecule has 3 fully saturated rings. The van der Waals surface area contributed by atoms with Gasteiger partial charge in [-0.2, -0.15) is 0 Å². The first-order valence-corrected chi connectivity index (χ1v) is 15.5. The summed E-state index contributed by atoms with van der Waals surface area (Å²) in [7, 11) is 0. The lowest BCUT2D eigenvalue weighted by atomic mass is 9.46. The summed E-state index contributed by atoms with van der Waals surface area (Å²) >= 11 is 0. The minimum absolute atomic E-state index is 0.00637. The molecule has 0 aromatic heterocycles. The number of carbonyl (C=O) groups is 2. The van der Waals surface area contributed by atoms with Gasteiger partial charge < -0.3 is 14.8 Å². The van der Waals surface area contributed by atoms with Gasteiger partial charge in [0.1, 0.15) is 11.5 Å². The second-order valence-corrected chi connectivity index (χ2v) is 13.1. The van der Waals surface area contributed by atoms with E-state index >= 15 is 0 Å². The number of ether oxygens (including phenoxy) is 2. The van der Waals surface area contributed by atoms with Gasteiger partial charge in [0.2, 0.25) is 0 Å². The maximum absolute atomic E-state index is 13.6. The molecule has 5 nitrogen and oxygen atoms in total. The zero-order chi connectivity index (χ0) is 26.4. The van der Waals surface area contributed by atoms with E-state index in [0.29, 0.717) is 23.7 Å². The number of piperidine rings is 1. The molecule has 0 aromatic rings. The number of nitrogens with one attached hydrogen (secondary N) is 1. The fraction of sp³-hybridized carbons (Fsp3) is 0.697. The lowest BCUT2D eigenvalue weighted by Crippen LogP contribution is -2.50. The first kappa shape index (κ1) is 26.1. The van der Waals surface area contributed by atoms with Crippen LogP contribution in [0.15, 0.2) is 46.5 Å². The van der Waals surface area contributed by atoms with Gasteiger partial charge in [0.25, 0.3) is 0 Å². The van der Waals surface area contributed by atoms with Crippen molar-refractivity contribution >= 4 is 11.9 Å². The molecular weight excluding hydrogens is 474 g/mol. The topological polar surface area (TPSA) is 64.6 Å². The summed E-state index contributed by atoms with van der Waals surface area (Å²) in [4.78, 5) is 26.8. The first-order valence-electron chi connectivity index (χ1n) is 15.5. The van der Waals surface area contributed by atoms with Crippen LogP contribution in [-0.2, 0) is 19.1 Å². The first-order chi connectivity index (χ1) is 18.4. The molecule has 0 radical (unpaired) electrons. The molecule has 0 aromatic carbocycles. The van der Waals surface area contributed by atoms with Crippen molar-refractivity contribution in [3.05, 3.63) is 46.5 Å². The van der Waals surface area contributed by atoms with Gasteiger partial charge in [0.15, 0.2) is 0 Å². The van der Waals surface area contributed by atoms with Crippen LogP contribution in [0.5, 0.6) is 0 Å². The average molecular weight is 520 g/mol. The van der Waals surface area contributed by atoms with Crippen LogP contribution < -0.4 is 5.32 Å². The third kappa shape index (κ3) is 4.33. The second kappa shape index (κ2) is 10.4. The number of hydrogen-bond donors (Lipinski definition) is 1. The molecule has 7 aliphatic rings. The molecule has 4 aliphatic carbocycles. The molecule has 2 bridgehead atoms. The highest BCUT2D eigenvalue weighted by Gasteiger charge is 2.66. The van der Waals surface area contributed by atoms with E-state index in [4.69, 9.17) is 9.47 Å². The lowest BCUT2D eigenvalue weighted by Gasteiger charge is -2.54. The summed E-state index contributed by atoms with van der Waals surface area (Å²) in [5.74, 6) is 3.79. The molecule has 3 heterocycles. The number of fused-ring (bicyclic) bond motifs is 1. The Morgan fingerprint density at radius 2 is 1.89 bits per heavy atom. The molecular formula is C33H45NO4. The highest BCUT2D eigenvalue weighted by atomic mass is 16.5. The Balaban J connectivity index is 1.34. The van der Waals surface area contributed by atoms with Crippen molar-refractivity contribution in [2.75, 3.05) is 13.1 Å². The molecule has 0 amide bonds. The van der Waals surface area contributed by atoms with Crippen molar-refractivity contribution in [1.82, 2.24) is 5.32 Å². The summed E-state index contributed by atoms with van der Waals surface area (Å²) < 4.78 is 12.1. The highest BCUT2D eigenvalue weighted by Crippen LogP contribution is 2.68. The minimum atomic E-state index is -0.494. The summed E-state index contributed by atoms with van der Waals surface area (Å²) in [5, 5.41) is 3.44. The van der Waals surface area contributed by atoms with Gasteiger partial charge >= 0.3 is 11.9 Å². The zero-order valence-corrected chi connectivity index (χ0v) is 23.5. The van der Waals surface area contributed by atoms with E-state index in [2.05, 4.69) is 44.3 Å². The number of rotatable bonds is 8. The molecule has 3 aliphatic heterocycles. The van der Waals surface area contributed by atoms with Crippen LogP contribution in [0.3, 0.4) is 0 Å².